The molecule has 0 saturated carbocycles. The topological polar surface area (TPSA) is 47.6 Å². The summed E-state index contributed by atoms with van der Waals surface area (Å²) in [4.78, 5) is 11.9. The molecule has 1 unspecified atom stereocenters. The Hall–Kier alpha value is -1.71. The van der Waals surface area contributed by atoms with E-state index in [2.05, 4.69) is 5.32 Å². The fourth-order valence-corrected chi connectivity index (χ4v) is 1.75. The molecule has 0 amide bonds. The average molecular weight is 249 g/mol. The molecular weight excluding hydrogens is 230 g/mol. The lowest BCUT2D eigenvalue weighted by Gasteiger charge is -2.25. The van der Waals surface area contributed by atoms with Crippen molar-refractivity contribution in [1.82, 2.24) is 0 Å². The Kier molecular flexibility index (Phi) is 3.20. The van der Waals surface area contributed by atoms with Gasteiger partial charge >= 0.3 is 5.97 Å². The molecule has 0 saturated heterocycles. The third-order valence-electron chi connectivity index (χ3n) is 2.51. The molecule has 4 heteroatoms. The van der Waals surface area contributed by atoms with Crippen LogP contribution in [-0.4, -0.2) is 24.2 Å². The maximum atomic E-state index is 11.9. The summed E-state index contributed by atoms with van der Waals surface area (Å²) in [6.07, 6.45) is 0. The van der Waals surface area contributed by atoms with Gasteiger partial charge in [-0.2, -0.15) is 0 Å². The van der Waals surface area contributed by atoms with E-state index in [0.717, 1.165) is 5.69 Å². The lowest BCUT2D eigenvalue weighted by molar-refractivity contribution is 0.00691. The molecule has 98 valence electrons. The van der Waals surface area contributed by atoms with Crippen LogP contribution in [0.4, 0.5) is 5.69 Å². The predicted octanol–water partition coefficient (Wildman–Crippen LogP) is 2.83. The van der Waals surface area contributed by atoms with Crippen LogP contribution in [0.15, 0.2) is 18.2 Å². The molecule has 1 aromatic rings. The van der Waals surface area contributed by atoms with Gasteiger partial charge in [0.25, 0.3) is 0 Å². The molecule has 18 heavy (non-hydrogen) atoms. The summed E-state index contributed by atoms with van der Waals surface area (Å²) in [5, 5.41) is 3.30. The summed E-state index contributed by atoms with van der Waals surface area (Å²) in [6.45, 7) is 8.20. The van der Waals surface area contributed by atoms with E-state index in [1.807, 2.05) is 33.8 Å². The van der Waals surface area contributed by atoms with E-state index < -0.39 is 5.60 Å². The largest absolute Gasteiger partial charge is 0.489 e. The molecule has 0 fully saturated rings. The Balaban J connectivity index is 2.19. The standard InChI is InChI=1S/C14H19NO3/c1-9-8-17-12-7-10(5-6-11(12)15-9)13(16)18-14(2,3)4/h5-7,9,15H,8H2,1-4H3. The maximum absolute atomic E-state index is 11.9. The average Bonchev–Trinajstić information content (AvgIpc) is 2.26. The second-order valence-corrected chi connectivity index (χ2v) is 5.57. The van der Waals surface area contributed by atoms with Crippen molar-refractivity contribution < 1.29 is 14.3 Å². The third kappa shape index (κ3) is 2.94. The monoisotopic (exact) mass is 249 g/mol. The Morgan fingerprint density at radius 2 is 2.17 bits per heavy atom. The van der Waals surface area contributed by atoms with Gasteiger partial charge in [-0.1, -0.05) is 0 Å². The first-order valence-corrected chi connectivity index (χ1v) is 6.12. The molecule has 1 aromatic carbocycles. The van der Waals surface area contributed by atoms with Crippen LogP contribution in [-0.2, 0) is 4.74 Å². The summed E-state index contributed by atoms with van der Waals surface area (Å²) in [6, 6.07) is 5.61. The van der Waals surface area contributed by atoms with Crippen molar-refractivity contribution >= 4 is 11.7 Å². The zero-order chi connectivity index (χ0) is 13.3. The van der Waals surface area contributed by atoms with Gasteiger partial charge in [0.15, 0.2) is 0 Å². The Labute approximate surface area is 107 Å². The summed E-state index contributed by atoms with van der Waals surface area (Å²) in [5.41, 5.74) is 0.946. The summed E-state index contributed by atoms with van der Waals surface area (Å²) >= 11 is 0. The number of fused-ring (bicyclic) bond motifs is 1. The maximum Gasteiger partial charge on any atom is 0.338 e. The highest BCUT2D eigenvalue weighted by Gasteiger charge is 2.21. The minimum Gasteiger partial charge on any atom is -0.489 e. The molecule has 0 bridgehead atoms. The molecule has 2 rings (SSSR count). The SMILES string of the molecule is CC1COc2cc(C(=O)OC(C)(C)C)ccc2N1. The Morgan fingerprint density at radius 3 is 2.83 bits per heavy atom. The fraction of sp³-hybridized carbons (Fsp3) is 0.500. The number of nitrogens with one attached hydrogen (secondary N) is 1. The van der Waals surface area contributed by atoms with E-state index in [4.69, 9.17) is 9.47 Å². The quantitative estimate of drug-likeness (QED) is 0.777. The molecule has 0 spiro atoms. The number of carbonyl (C=O) groups excluding carboxylic acids is 1. The van der Waals surface area contributed by atoms with Crippen LogP contribution in [0, 0.1) is 0 Å². The van der Waals surface area contributed by atoms with Crippen molar-refractivity contribution in [1.29, 1.82) is 0 Å². The van der Waals surface area contributed by atoms with Gasteiger partial charge in [0.2, 0.25) is 0 Å². The summed E-state index contributed by atoms with van der Waals surface area (Å²) in [7, 11) is 0. The number of benzene rings is 1. The van der Waals surface area contributed by atoms with Crippen LogP contribution >= 0.6 is 0 Å². The molecule has 1 aliphatic rings. The molecule has 0 aromatic heterocycles. The molecule has 0 radical (unpaired) electrons. The highest BCUT2D eigenvalue weighted by Crippen LogP contribution is 2.30. The van der Waals surface area contributed by atoms with Gasteiger partial charge in [0, 0.05) is 0 Å². The number of anilines is 1. The van der Waals surface area contributed by atoms with E-state index in [1.165, 1.54) is 0 Å². The van der Waals surface area contributed by atoms with E-state index in [0.29, 0.717) is 17.9 Å². The van der Waals surface area contributed by atoms with E-state index in [-0.39, 0.29) is 12.0 Å². The molecule has 1 N–H and O–H groups in total. The van der Waals surface area contributed by atoms with Crippen molar-refractivity contribution in [2.24, 2.45) is 0 Å². The van der Waals surface area contributed by atoms with Gasteiger partial charge in [-0.3, -0.25) is 0 Å². The zero-order valence-electron chi connectivity index (χ0n) is 11.2. The van der Waals surface area contributed by atoms with Crippen LogP contribution in [0.1, 0.15) is 38.1 Å². The third-order valence-corrected chi connectivity index (χ3v) is 2.51. The first kappa shape index (κ1) is 12.7. The minimum absolute atomic E-state index is 0.282. The van der Waals surface area contributed by atoms with E-state index in [1.54, 1.807) is 12.1 Å². The second-order valence-electron chi connectivity index (χ2n) is 5.57. The van der Waals surface area contributed by atoms with Gasteiger partial charge in [0.1, 0.15) is 18.0 Å². The molecule has 4 nitrogen and oxygen atoms in total. The fourth-order valence-electron chi connectivity index (χ4n) is 1.75. The van der Waals surface area contributed by atoms with Gasteiger partial charge in [-0.05, 0) is 45.9 Å². The predicted molar refractivity (Wildman–Crippen MR) is 70.2 cm³/mol. The normalized spacial score (nSPS) is 18.3. The number of esters is 1. The van der Waals surface area contributed by atoms with Crippen molar-refractivity contribution in [3.05, 3.63) is 23.8 Å². The smallest absolute Gasteiger partial charge is 0.338 e. The van der Waals surface area contributed by atoms with Gasteiger partial charge in [-0.15, -0.1) is 0 Å². The molecular formula is C14H19NO3. The summed E-state index contributed by atoms with van der Waals surface area (Å²) < 4.78 is 10.9. The highest BCUT2D eigenvalue weighted by molar-refractivity contribution is 5.91. The van der Waals surface area contributed by atoms with Gasteiger partial charge < -0.3 is 14.8 Å². The van der Waals surface area contributed by atoms with E-state index in [9.17, 15) is 4.79 Å². The first-order chi connectivity index (χ1) is 8.35. The van der Waals surface area contributed by atoms with Crippen molar-refractivity contribution in [2.75, 3.05) is 11.9 Å². The van der Waals surface area contributed by atoms with Crippen LogP contribution in [0.25, 0.3) is 0 Å². The van der Waals surface area contributed by atoms with Crippen molar-refractivity contribution in [2.45, 2.75) is 39.3 Å². The minimum atomic E-state index is -0.486. The Morgan fingerprint density at radius 1 is 1.44 bits per heavy atom. The van der Waals surface area contributed by atoms with Crippen LogP contribution in [0.5, 0.6) is 5.75 Å². The van der Waals surface area contributed by atoms with Crippen LogP contribution in [0.3, 0.4) is 0 Å². The number of rotatable bonds is 1. The number of hydrogen-bond donors (Lipinski definition) is 1. The lowest BCUT2D eigenvalue weighted by Crippen LogP contribution is -2.28. The zero-order valence-corrected chi connectivity index (χ0v) is 11.2. The molecule has 1 heterocycles. The lowest BCUT2D eigenvalue weighted by atomic mass is 10.1. The second kappa shape index (κ2) is 4.52. The van der Waals surface area contributed by atoms with Crippen LogP contribution in [0.2, 0.25) is 0 Å². The van der Waals surface area contributed by atoms with Gasteiger partial charge in [0.05, 0.1) is 17.3 Å². The molecule has 1 aliphatic heterocycles. The van der Waals surface area contributed by atoms with Crippen molar-refractivity contribution in [3.63, 3.8) is 0 Å². The number of ether oxygens (including phenoxy) is 2. The molecule has 1 atom stereocenters. The number of carbonyl (C=O) groups is 1. The van der Waals surface area contributed by atoms with Gasteiger partial charge in [-0.25, -0.2) is 4.79 Å². The molecule has 0 aliphatic carbocycles. The first-order valence-electron chi connectivity index (χ1n) is 6.12. The number of hydrogen-bond acceptors (Lipinski definition) is 4. The van der Waals surface area contributed by atoms with Crippen LogP contribution < -0.4 is 10.1 Å². The van der Waals surface area contributed by atoms with E-state index >= 15 is 0 Å². The highest BCUT2D eigenvalue weighted by atomic mass is 16.6. The summed E-state index contributed by atoms with van der Waals surface area (Å²) in [5.74, 6) is 0.379. The van der Waals surface area contributed by atoms with Crippen molar-refractivity contribution in [3.8, 4) is 5.75 Å². The Bertz CT molecular complexity index is 463.